The van der Waals surface area contributed by atoms with E-state index in [4.69, 9.17) is 4.74 Å². The highest BCUT2D eigenvalue weighted by molar-refractivity contribution is 5.91. The molecule has 76 valence electrons. The third-order valence-corrected chi connectivity index (χ3v) is 2.72. The third kappa shape index (κ3) is 1.23. The molecule has 14 heavy (non-hydrogen) atoms. The number of carbonyl (C=O) groups is 1. The van der Waals surface area contributed by atoms with Crippen LogP contribution in [0.25, 0.3) is 0 Å². The molecule has 0 aromatic carbocycles. The molecule has 3 unspecified atom stereocenters. The second-order valence-electron chi connectivity index (χ2n) is 3.64. The number of esters is 1. The summed E-state index contributed by atoms with van der Waals surface area (Å²) in [7, 11) is 0. The molecular formula is C10H12O4. The van der Waals surface area contributed by atoms with Crippen LogP contribution >= 0.6 is 0 Å². The topological polar surface area (TPSA) is 66.8 Å². The van der Waals surface area contributed by atoms with Crippen LogP contribution in [0.1, 0.15) is 13.3 Å². The second kappa shape index (κ2) is 3.13. The number of allylic oxidation sites excluding steroid dienone is 2. The lowest BCUT2D eigenvalue weighted by atomic mass is 9.82. The summed E-state index contributed by atoms with van der Waals surface area (Å²) >= 11 is 0. The summed E-state index contributed by atoms with van der Waals surface area (Å²) in [6, 6.07) is 0. The number of aliphatic hydroxyl groups is 2. The molecule has 1 heterocycles. The quantitative estimate of drug-likeness (QED) is 0.559. The molecule has 0 bridgehead atoms. The minimum absolute atomic E-state index is 0.0859. The van der Waals surface area contributed by atoms with Crippen molar-refractivity contribution in [2.45, 2.75) is 25.6 Å². The number of hydrogen-bond donors (Lipinski definition) is 2. The fraction of sp³-hybridized carbons (Fsp3) is 0.500. The number of fused-ring (bicyclic) bond motifs is 1. The Hall–Kier alpha value is -1.29. The average molecular weight is 196 g/mol. The maximum atomic E-state index is 11.4. The van der Waals surface area contributed by atoms with Crippen LogP contribution in [0.4, 0.5) is 0 Å². The molecule has 1 aliphatic carbocycles. The highest BCUT2D eigenvalue weighted by Gasteiger charge is 2.41. The van der Waals surface area contributed by atoms with Gasteiger partial charge in [-0.05, 0) is 19.4 Å². The highest BCUT2D eigenvalue weighted by atomic mass is 16.6. The van der Waals surface area contributed by atoms with Crippen molar-refractivity contribution >= 4 is 5.97 Å². The molecule has 0 aromatic rings. The number of hydrogen-bond acceptors (Lipinski definition) is 4. The highest BCUT2D eigenvalue weighted by Crippen LogP contribution is 2.34. The number of cyclic esters (lactones) is 1. The van der Waals surface area contributed by atoms with Gasteiger partial charge in [-0.15, -0.1) is 0 Å². The van der Waals surface area contributed by atoms with Gasteiger partial charge in [-0.1, -0.05) is 6.08 Å². The Morgan fingerprint density at radius 1 is 1.57 bits per heavy atom. The molecule has 2 aliphatic rings. The van der Waals surface area contributed by atoms with E-state index in [0.717, 1.165) is 0 Å². The monoisotopic (exact) mass is 196 g/mol. The van der Waals surface area contributed by atoms with Crippen LogP contribution in [0.15, 0.2) is 23.5 Å². The standard InChI is InChI=1S/C10H12O4/c1-5-9(12)6-3-2-4-7(11)8(6)10(13)14-5/h2,4-6,9,11-12H,3H2,1H3. The zero-order valence-corrected chi connectivity index (χ0v) is 7.80. The van der Waals surface area contributed by atoms with Crippen LogP contribution in [0, 0.1) is 5.92 Å². The molecular weight excluding hydrogens is 184 g/mol. The molecule has 0 spiro atoms. The molecule has 0 saturated carbocycles. The van der Waals surface area contributed by atoms with E-state index in [1.807, 2.05) is 0 Å². The van der Waals surface area contributed by atoms with Crippen molar-refractivity contribution < 1.29 is 19.7 Å². The zero-order valence-electron chi connectivity index (χ0n) is 7.80. The molecule has 2 N–H and O–H groups in total. The normalized spacial score (nSPS) is 36.7. The largest absolute Gasteiger partial charge is 0.507 e. The van der Waals surface area contributed by atoms with Gasteiger partial charge in [-0.2, -0.15) is 0 Å². The van der Waals surface area contributed by atoms with Crippen molar-refractivity contribution in [3.8, 4) is 0 Å². The van der Waals surface area contributed by atoms with Crippen LogP contribution in [-0.4, -0.2) is 28.4 Å². The van der Waals surface area contributed by atoms with Gasteiger partial charge in [0.1, 0.15) is 11.9 Å². The lowest BCUT2D eigenvalue weighted by Crippen LogP contribution is -2.44. The van der Waals surface area contributed by atoms with E-state index < -0.39 is 18.2 Å². The number of aliphatic hydroxyl groups excluding tert-OH is 2. The van der Waals surface area contributed by atoms with Crippen molar-refractivity contribution in [2.75, 3.05) is 0 Å². The summed E-state index contributed by atoms with van der Waals surface area (Å²) in [4.78, 5) is 11.4. The number of ether oxygens (including phenoxy) is 1. The molecule has 0 aromatic heterocycles. The van der Waals surface area contributed by atoms with Gasteiger partial charge in [-0.3, -0.25) is 0 Å². The minimum Gasteiger partial charge on any atom is -0.507 e. The Balaban J connectivity index is 2.40. The zero-order chi connectivity index (χ0) is 10.3. The molecule has 1 fully saturated rings. The van der Waals surface area contributed by atoms with Gasteiger partial charge in [-0.25, -0.2) is 4.79 Å². The molecule has 4 nitrogen and oxygen atoms in total. The van der Waals surface area contributed by atoms with Crippen molar-refractivity contribution in [3.05, 3.63) is 23.5 Å². The Morgan fingerprint density at radius 2 is 2.29 bits per heavy atom. The molecule has 0 amide bonds. The summed E-state index contributed by atoms with van der Waals surface area (Å²) in [5.74, 6) is -0.928. The second-order valence-corrected chi connectivity index (χ2v) is 3.64. The maximum absolute atomic E-state index is 11.4. The van der Waals surface area contributed by atoms with Crippen LogP contribution in [0.5, 0.6) is 0 Å². The molecule has 1 saturated heterocycles. The van der Waals surface area contributed by atoms with Gasteiger partial charge in [0.2, 0.25) is 0 Å². The van der Waals surface area contributed by atoms with E-state index in [1.54, 1.807) is 13.0 Å². The Kier molecular flexibility index (Phi) is 2.07. The first-order valence-corrected chi connectivity index (χ1v) is 4.60. The first-order chi connectivity index (χ1) is 6.61. The van der Waals surface area contributed by atoms with Crippen LogP contribution in [0.3, 0.4) is 0 Å². The van der Waals surface area contributed by atoms with E-state index in [0.29, 0.717) is 6.42 Å². The first kappa shape index (κ1) is 9.27. The minimum atomic E-state index is -0.727. The van der Waals surface area contributed by atoms with E-state index in [1.165, 1.54) is 6.08 Å². The summed E-state index contributed by atoms with van der Waals surface area (Å²) in [6.45, 7) is 1.65. The Bertz CT molecular complexity index is 329. The summed E-state index contributed by atoms with van der Waals surface area (Å²) < 4.78 is 4.90. The lowest BCUT2D eigenvalue weighted by Gasteiger charge is -2.34. The van der Waals surface area contributed by atoms with Gasteiger partial charge >= 0.3 is 5.97 Å². The SMILES string of the molecule is CC1OC(=O)C2=C(O)C=CCC2C1O. The molecule has 3 atom stereocenters. The molecule has 2 rings (SSSR count). The summed E-state index contributed by atoms with van der Waals surface area (Å²) in [5, 5.41) is 19.2. The number of carbonyl (C=O) groups excluding carboxylic acids is 1. The van der Waals surface area contributed by atoms with Crippen LogP contribution < -0.4 is 0 Å². The summed E-state index contributed by atoms with van der Waals surface area (Å²) in [6.07, 6.45) is 2.55. The predicted molar refractivity (Wildman–Crippen MR) is 48.5 cm³/mol. The Labute approximate surface area is 81.5 Å². The average Bonchev–Trinajstić information content (AvgIpc) is 2.14. The van der Waals surface area contributed by atoms with Crippen molar-refractivity contribution in [1.29, 1.82) is 0 Å². The van der Waals surface area contributed by atoms with Crippen molar-refractivity contribution in [1.82, 2.24) is 0 Å². The van der Waals surface area contributed by atoms with Crippen molar-refractivity contribution in [2.24, 2.45) is 5.92 Å². The predicted octanol–water partition coefficient (Wildman–Crippen LogP) is 0.681. The van der Waals surface area contributed by atoms with Gasteiger partial charge in [0.15, 0.2) is 0 Å². The third-order valence-electron chi connectivity index (χ3n) is 2.72. The van der Waals surface area contributed by atoms with E-state index in [9.17, 15) is 15.0 Å². The molecule has 4 heteroatoms. The van der Waals surface area contributed by atoms with Crippen LogP contribution in [-0.2, 0) is 9.53 Å². The fourth-order valence-corrected chi connectivity index (χ4v) is 1.92. The maximum Gasteiger partial charge on any atom is 0.338 e. The van der Waals surface area contributed by atoms with E-state index in [-0.39, 0.29) is 17.3 Å². The van der Waals surface area contributed by atoms with Gasteiger partial charge in [0.05, 0.1) is 11.7 Å². The smallest absolute Gasteiger partial charge is 0.338 e. The van der Waals surface area contributed by atoms with Gasteiger partial charge in [0, 0.05) is 5.92 Å². The van der Waals surface area contributed by atoms with E-state index >= 15 is 0 Å². The molecule has 0 radical (unpaired) electrons. The van der Waals surface area contributed by atoms with Crippen molar-refractivity contribution in [3.63, 3.8) is 0 Å². The van der Waals surface area contributed by atoms with E-state index in [2.05, 4.69) is 0 Å². The summed E-state index contributed by atoms with van der Waals surface area (Å²) in [5.41, 5.74) is 0.207. The van der Waals surface area contributed by atoms with Gasteiger partial charge in [0.25, 0.3) is 0 Å². The fourth-order valence-electron chi connectivity index (χ4n) is 1.92. The Morgan fingerprint density at radius 3 is 3.00 bits per heavy atom. The number of rotatable bonds is 0. The van der Waals surface area contributed by atoms with Crippen LogP contribution in [0.2, 0.25) is 0 Å². The first-order valence-electron chi connectivity index (χ1n) is 4.60. The van der Waals surface area contributed by atoms with Gasteiger partial charge < -0.3 is 14.9 Å². The lowest BCUT2D eigenvalue weighted by molar-refractivity contribution is -0.159. The molecule has 1 aliphatic heterocycles.